The topological polar surface area (TPSA) is 54.9 Å². The van der Waals surface area contributed by atoms with Gasteiger partial charge in [0.05, 0.1) is 5.02 Å². The highest BCUT2D eigenvalue weighted by Crippen LogP contribution is 2.16. The Labute approximate surface area is 104 Å². The molecule has 2 aromatic heterocycles. The van der Waals surface area contributed by atoms with Gasteiger partial charge < -0.3 is 5.32 Å². The summed E-state index contributed by atoms with van der Waals surface area (Å²) in [5.41, 5.74) is 1.36. The van der Waals surface area contributed by atoms with E-state index in [1.54, 1.807) is 30.6 Å². The molecule has 1 N–H and O–H groups in total. The van der Waals surface area contributed by atoms with Crippen LogP contribution in [-0.2, 0) is 0 Å². The summed E-state index contributed by atoms with van der Waals surface area (Å²) in [7, 11) is 0. The number of carbonyl (C=O) groups excluding carboxylic acids is 1. The molecule has 2 heterocycles. The fraction of sp³-hybridized carbons (Fsp3) is 0.0833. The van der Waals surface area contributed by atoms with Crippen molar-refractivity contribution in [3.63, 3.8) is 0 Å². The molecule has 0 atom stereocenters. The zero-order valence-electron chi connectivity index (χ0n) is 9.14. The number of halogens is 1. The van der Waals surface area contributed by atoms with Crippen molar-refractivity contribution in [2.24, 2.45) is 0 Å². The SMILES string of the molecule is Cc1cc(Cl)cnc1NC(=O)c1ccncc1. The first-order valence-corrected chi connectivity index (χ1v) is 5.38. The van der Waals surface area contributed by atoms with Gasteiger partial charge in [-0.2, -0.15) is 0 Å². The molecule has 0 fully saturated rings. The molecule has 2 rings (SSSR count). The number of amides is 1. The van der Waals surface area contributed by atoms with Gasteiger partial charge in [0.1, 0.15) is 5.82 Å². The summed E-state index contributed by atoms with van der Waals surface area (Å²) in [6.07, 6.45) is 4.63. The maximum absolute atomic E-state index is 11.8. The van der Waals surface area contributed by atoms with E-state index in [-0.39, 0.29) is 5.91 Å². The number of rotatable bonds is 2. The highest BCUT2D eigenvalue weighted by Gasteiger charge is 2.08. The quantitative estimate of drug-likeness (QED) is 0.888. The van der Waals surface area contributed by atoms with Crippen LogP contribution in [0.3, 0.4) is 0 Å². The van der Waals surface area contributed by atoms with E-state index < -0.39 is 0 Å². The van der Waals surface area contributed by atoms with E-state index in [1.807, 2.05) is 6.92 Å². The highest BCUT2D eigenvalue weighted by atomic mass is 35.5. The Kier molecular flexibility index (Phi) is 3.35. The maximum Gasteiger partial charge on any atom is 0.256 e. The molecular formula is C12H10ClN3O. The van der Waals surface area contributed by atoms with Gasteiger partial charge in [-0.05, 0) is 30.7 Å². The second kappa shape index (κ2) is 4.93. The smallest absolute Gasteiger partial charge is 0.256 e. The number of hydrogen-bond donors (Lipinski definition) is 1. The number of aromatic nitrogens is 2. The Hall–Kier alpha value is -1.94. The van der Waals surface area contributed by atoms with Crippen molar-refractivity contribution in [1.29, 1.82) is 0 Å². The number of nitrogens with one attached hydrogen (secondary N) is 1. The first-order valence-electron chi connectivity index (χ1n) is 5.00. The van der Waals surface area contributed by atoms with Gasteiger partial charge in [0.15, 0.2) is 0 Å². The monoisotopic (exact) mass is 247 g/mol. The van der Waals surface area contributed by atoms with E-state index in [9.17, 15) is 4.79 Å². The predicted molar refractivity (Wildman–Crippen MR) is 66.2 cm³/mol. The third kappa shape index (κ3) is 2.79. The molecule has 2 aromatic rings. The third-order valence-corrected chi connectivity index (χ3v) is 2.43. The zero-order chi connectivity index (χ0) is 12.3. The van der Waals surface area contributed by atoms with Crippen LogP contribution in [-0.4, -0.2) is 15.9 Å². The van der Waals surface area contributed by atoms with Crippen molar-refractivity contribution in [1.82, 2.24) is 9.97 Å². The summed E-state index contributed by atoms with van der Waals surface area (Å²) in [5.74, 6) is 0.293. The molecule has 1 amide bonds. The van der Waals surface area contributed by atoms with Crippen LogP contribution >= 0.6 is 11.6 Å². The van der Waals surface area contributed by atoms with Crippen LogP contribution in [0.4, 0.5) is 5.82 Å². The first-order chi connectivity index (χ1) is 8.16. The van der Waals surface area contributed by atoms with Crippen LogP contribution in [0.5, 0.6) is 0 Å². The van der Waals surface area contributed by atoms with Crippen molar-refractivity contribution in [2.45, 2.75) is 6.92 Å². The molecule has 0 spiro atoms. The lowest BCUT2D eigenvalue weighted by molar-refractivity contribution is 0.102. The molecule has 0 aliphatic rings. The van der Waals surface area contributed by atoms with Gasteiger partial charge in [-0.15, -0.1) is 0 Å². The molecule has 0 aliphatic heterocycles. The molecule has 86 valence electrons. The fourth-order valence-corrected chi connectivity index (χ4v) is 1.57. The van der Waals surface area contributed by atoms with E-state index in [0.29, 0.717) is 16.4 Å². The zero-order valence-corrected chi connectivity index (χ0v) is 9.90. The number of hydrogen-bond acceptors (Lipinski definition) is 3. The lowest BCUT2D eigenvalue weighted by Crippen LogP contribution is -2.13. The standard InChI is InChI=1S/C12H10ClN3O/c1-8-6-10(13)7-15-11(8)16-12(17)9-2-4-14-5-3-9/h2-7H,1H3,(H,15,16,17). The number of nitrogens with zero attached hydrogens (tertiary/aromatic N) is 2. The summed E-state index contributed by atoms with van der Waals surface area (Å²) < 4.78 is 0. The van der Waals surface area contributed by atoms with Crippen LogP contribution < -0.4 is 5.32 Å². The maximum atomic E-state index is 11.8. The van der Waals surface area contributed by atoms with Gasteiger partial charge in [0, 0.05) is 24.2 Å². The van der Waals surface area contributed by atoms with Crippen LogP contribution in [0.2, 0.25) is 5.02 Å². The second-order valence-electron chi connectivity index (χ2n) is 3.51. The van der Waals surface area contributed by atoms with Crippen molar-refractivity contribution < 1.29 is 4.79 Å². The van der Waals surface area contributed by atoms with Crippen LogP contribution in [0.15, 0.2) is 36.8 Å². The molecule has 0 aromatic carbocycles. The minimum absolute atomic E-state index is 0.217. The van der Waals surface area contributed by atoms with E-state index in [2.05, 4.69) is 15.3 Å². The Morgan fingerprint density at radius 1 is 1.35 bits per heavy atom. The summed E-state index contributed by atoms with van der Waals surface area (Å²) >= 11 is 5.79. The molecule has 0 saturated heterocycles. The molecule has 0 bridgehead atoms. The Balaban J connectivity index is 2.19. The molecule has 0 unspecified atom stereocenters. The summed E-state index contributed by atoms with van der Waals surface area (Å²) in [6, 6.07) is 5.03. The summed E-state index contributed by atoms with van der Waals surface area (Å²) in [4.78, 5) is 19.8. The van der Waals surface area contributed by atoms with E-state index in [1.165, 1.54) is 6.20 Å². The van der Waals surface area contributed by atoms with Gasteiger partial charge in [0.2, 0.25) is 0 Å². The van der Waals surface area contributed by atoms with Crippen LogP contribution in [0, 0.1) is 6.92 Å². The molecular weight excluding hydrogens is 238 g/mol. The lowest BCUT2D eigenvalue weighted by Gasteiger charge is -2.07. The first kappa shape index (κ1) is 11.5. The van der Waals surface area contributed by atoms with Gasteiger partial charge in [0.25, 0.3) is 5.91 Å². The van der Waals surface area contributed by atoms with Crippen LogP contribution in [0.25, 0.3) is 0 Å². The molecule has 0 aliphatic carbocycles. The molecule has 17 heavy (non-hydrogen) atoms. The van der Waals surface area contributed by atoms with E-state index in [0.717, 1.165) is 5.56 Å². The largest absolute Gasteiger partial charge is 0.306 e. The molecule has 0 saturated carbocycles. The van der Waals surface area contributed by atoms with E-state index in [4.69, 9.17) is 11.6 Å². The Bertz CT molecular complexity index is 543. The molecule has 5 heteroatoms. The molecule has 0 radical (unpaired) electrons. The van der Waals surface area contributed by atoms with Crippen molar-refractivity contribution >= 4 is 23.3 Å². The van der Waals surface area contributed by atoms with E-state index >= 15 is 0 Å². The normalized spacial score (nSPS) is 10.0. The number of carbonyl (C=O) groups is 1. The third-order valence-electron chi connectivity index (χ3n) is 2.22. The second-order valence-corrected chi connectivity index (χ2v) is 3.95. The predicted octanol–water partition coefficient (Wildman–Crippen LogP) is 2.69. The fourth-order valence-electron chi connectivity index (χ4n) is 1.35. The lowest BCUT2D eigenvalue weighted by atomic mass is 10.2. The van der Waals surface area contributed by atoms with Gasteiger partial charge >= 0.3 is 0 Å². The average Bonchev–Trinajstić information content (AvgIpc) is 2.34. The summed E-state index contributed by atoms with van der Waals surface area (Å²) in [6.45, 7) is 1.83. The number of pyridine rings is 2. The van der Waals surface area contributed by atoms with Crippen molar-refractivity contribution in [3.05, 3.63) is 52.9 Å². The Morgan fingerprint density at radius 2 is 2.06 bits per heavy atom. The number of anilines is 1. The number of aryl methyl sites for hydroxylation is 1. The van der Waals surface area contributed by atoms with Gasteiger partial charge in [-0.25, -0.2) is 4.98 Å². The van der Waals surface area contributed by atoms with Crippen molar-refractivity contribution in [2.75, 3.05) is 5.32 Å². The van der Waals surface area contributed by atoms with Gasteiger partial charge in [-0.1, -0.05) is 11.6 Å². The highest BCUT2D eigenvalue weighted by molar-refractivity contribution is 6.30. The molecule has 4 nitrogen and oxygen atoms in total. The average molecular weight is 248 g/mol. The Morgan fingerprint density at radius 3 is 2.71 bits per heavy atom. The summed E-state index contributed by atoms with van der Waals surface area (Å²) in [5, 5.41) is 3.26. The minimum atomic E-state index is -0.217. The van der Waals surface area contributed by atoms with Crippen LogP contribution in [0.1, 0.15) is 15.9 Å². The minimum Gasteiger partial charge on any atom is -0.306 e. The van der Waals surface area contributed by atoms with Crippen molar-refractivity contribution in [3.8, 4) is 0 Å². The van der Waals surface area contributed by atoms with Gasteiger partial charge in [-0.3, -0.25) is 9.78 Å².